The molecular formula is C20H17ClF2N2O3. The Balaban J connectivity index is 2.37. The summed E-state index contributed by atoms with van der Waals surface area (Å²) in [5.41, 5.74) is 1.18. The summed E-state index contributed by atoms with van der Waals surface area (Å²) < 4.78 is 45.1. The molecule has 0 unspecified atom stereocenters. The molecule has 0 amide bonds. The lowest BCUT2D eigenvalue weighted by Crippen LogP contribution is -2.02. The number of methoxy groups -OCH3 is 3. The molecule has 2 aromatic carbocycles. The lowest BCUT2D eigenvalue weighted by Gasteiger charge is -2.16. The van der Waals surface area contributed by atoms with E-state index in [4.69, 9.17) is 25.8 Å². The van der Waals surface area contributed by atoms with Crippen molar-refractivity contribution in [2.45, 2.75) is 6.92 Å². The topological polar surface area (TPSA) is 53.5 Å². The molecule has 1 aromatic heterocycles. The summed E-state index contributed by atoms with van der Waals surface area (Å²) in [5, 5.41) is 7.72. The molecule has 146 valence electrons. The molecule has 0 fully saturated rings. The minimum atomic E-state index is -0.831. The van der Waals surface area contributed by atoms with Crippen molar-refractivity contribution in [3.63, 3.8) is 0 Å². The lowest BCUT2D eigenvalue weighted by molar-refractivity contribution is 0.394. The van der Waals surface area contributed by atoms with Crippen LogP contribution in [0, 0.1) is 18.6 Å². The first-order valence-corrected chi connectivity index (χ1v) is 8.57. The highest BCUT2D eigenvalue weighted by Crippen LogP contribution is 2.42. The van der Waals surface area contributed by atoms with E-state index in [1.54, 1.807) is 25.1 Å². The smallest absolute Gasteiger partial charge is 0.160 e. The molecule has 0 saturated carbocycles. The second-order valence-electron chi connectivity index (χ2n) is 5.89. The summed E-state index contributed by atoms with van der Waals surface area (Å²) in [6.45, 7) is 1.67. The molecule has 0 bridgehead atoms. The number of benzene rings is 2. The molecule has 8 heteroatoms. The maximum absolute atomic E-state index is 14.8. The largest absolute Gasteiger partial charge is 0.497 e. The Morgan fingerprint density at radius 1 is 0.714 bits per heavy atom. The van der Waals surface area contributed by atoms with Gasteiger partial charge in [-0.15, -0.1) is 5.10 Å². The fourth-order valence-electron chi connectivity index (χ4n) is 2.94. The maximum atomic E-state index is 14.8. The lowest BCUT2D eigenvalue weighted by atomic mass is 9.94. The summed E-state index contributed by atoms with van der Waals surface area (Å²) in [6.07, 6.45) is 0. The first kappa shape index (κ1) is 19.8. The van der Waals surface area contributed by atoms with Gasteiger partial charge < -0.3 is 14.2 Å². The van der Waals surface area contributed by atoms with Gasteiger partial charge in [0.05, 0.1) is 32.6 Å². The molecule has 0 aliphatic heterocycles. The number of aryl methyl sites for hydroxylation is 1. The molecule has 0 aliphatic rings. The molecule has 0 aliphatic carbocycles. The van der Waals surface area contributed by atoms with Gasteiger partial charge in [-0.05, 0) is 24.6 Å². The second kappa shape index (κ2) is 7.98. The van der Waals surface area contributed by atoms with Crippen LogP contribution in [-0.4, -0.2) is 31.5 Å². The molecule has 1 heterocycles. The molecule has 28 heavy (non-hydrogen) atoms. The molecule has 0 radical (unpaired) electrons. The third-order valence-corrected chi connectivity index (χ3v) is 4.51. The SMILES string of the molecule is COc1cc(OC)cc(-c2c(C)nnc(Cl)c2-c2c(F)cc(OC)cc2F)c1. The fourth-order valence-corrected chi connectivity index (χ4v) is 3.17. The Kier molecular flexibility index (Phi) is 5.65. The molecular weight excluding hydrogens is 390 g/mol. The van der Waals surface area contributed by atoms with Gasteiger partial charge in [0.1, 0.15) is 28.9 Å². The number of aromatic nitrogens is 2. The van der Waals surface area contributed by atoms with Crippen LogP contribution in [-0.2, 0) is 0 Å². The van der Waals surface area contributed by atoms with E-state index in [2.05, 4.69) is 10.2 Å². The van der Waals surface area contributed by atoms with Crippen LogP contribution in [0.3, 0.4) is 0 Å². The van der Waals surface area contributed by atoms with Crippen molar-refractivity contribution in [2.75, 3.05) is 21.3 Å². The Hall–Kier alpha value is -2.93. The van der Waals surface area contributed by atoms with Gasteiger partial charge in [-0.2, -0.15) is 5.10 Å². The van der Waals surface area contributed by atoms with Crippen molar-refractivity contribution in [2.24, 2.45) is 0 Å². The zero-order valence-corrected chi connectivity index (χ0v) is 16.4. The second-order valence-corrected chi connectivity index (χ2v) is 6.25. The van der Waals surface area contributed by atoms with E-state index >= 15 is 0 Å². The number of ether oxygens (including phenoxy) is 3. The number of hydrogen-bond donors (Lipinski definition) is 0. The third kappa shape index (κ3) is 3.57. The van der Waals surface area contributed by atoms with Gasteiger partial charge >= 0.3 is 0 Å². The van der Waals surface area contributed by atoms with E-state index in [1.165, 1.54) is 21.3 Å². The van der Waals surface area contributed by atoms with Gasteiger partial charge in [0.25, 0.3) is 0 Å². The minimum absolute atomic E-state index is 0.0539. The van der Waals surface area contributed by atoms with Crippen molar-refractivity contribution >= 4 is 11.6 Å². The van der Waals surface area contributed by atoms with Crippen molar-refractivity contribution in [3.8, 4) is 39.5 Å². The predicted molar refractivity (Wildman–Crippen MR) is 102 cm³/mol. The molecule has 5 nitrogen and oxygen atoms in total. The summed E-state index contributed by atoms with van der Waals surface area (Å²) in [5.74, 6) is -0.602. The number of nitrogens with zero attached hydrogens (tertiary/aromatic N) is 2. The molecule has 0 spiro atoms. The van der Waals surface area contributed by atoms with Crippen LogP contribution in [0.2, 0.25) is 5.15 Å². The first-order chi connectivity index (χ1) is 13.4. The van der Waals surface area contributed by atoms with Crippen LogP contribution in [0.5, 0.6) is 17.2 Å². The Morgan fingerprint density at radius 3 is 1.71 bits per heavy atom. The minimum Gasteiger partial charge on any atom is -0.497 e. The molecule has 0 N–H and O–H groups in total. The summed E-state index contributed by atoms with van der Waals surface area (Å²) in [6, 6.07) is 7.25. The van der Waals surface area contributed by atoms with E-state index in [-0.39, 0.29) is 22.0 Å². The highest BCUT2D eigenvalue weighted by Gasteiger charge is 2.24. The van der Waals surface area contributed by atoms with E-state index < -0.39 is 11.6 Å². The Bertz CT molecular complexity index is 999. The van der Waals surface area contributed by atoms with Gasteiger partial charge in [-0.3, -0.25) is 0 Å². The van der Waals surface area contributed by atoms with Gasteiger partial charge in [-0.1, -0.05) is 11.6 Å². The van der Waals surface area contributed by atoms with Crippen LogP contribution >= 0.6 is 11.6 Å². The van der Waals surface area contributed by atoms with Gasteiger partial charge in [0.2, 0.25) is 0 Å². The van der Waals surface area contributed by atoms with Crippen molar-refractivity contribution in [1.29, 1.82) is 0 Å². The summed E-state index contributed by atoms with van der Waals surface area (Å²) in [7, 11) is 4.34. The fraction of sp³-hybridized carbons (Fsp3) is 0.200. The van der Waals surface area contributed by atoms with E-state index in [0.29, 0.717) is 28.3 Å². The van der Waals surface area contributed by atoms with Gasteiger partial charge in [0.15, 0.2) is 5.15 Å². The first-order valence-electron chi connectivity index (χ1n) is 8.19. The van der Waals surface area contributed by atoms with Crippen LogP contribution in [0.25, 0.3) is 22.3 Å². The molecule has 3 rings (SSSR count). The van der Waals surface area contributed by atoms with Crippen LogP contribution < -0.4 is 14.2 Å². The zero-order valence-electron chi connectivity index (χ0n) is 15.6. The third-order valence-electron chi connectivity index (χ3n) is 4.25. The molecule has 0 saturated heterocycles. The molecule has 3 aromatic rings. The van der Waals surface area contributed by atoms with E-state index in [9.17, 15) is 8.78 Å². The monoisotopic (exact) mass is 406 g/mol. The van der Waals surface area contributed by atoms with Crippen molar-refractivity contribution in [1.82, 2.24) is 10.2 Å². The normalized spacial score (nSPS) is 10.7. The average Bonchev–Trinajstić information content (AvgIpc) is 2.69. The maximum Gasteiger partial charge on any atom is 0.160 e. The summed E-state index contributed by atoms with van der Waals surface area (Å²) >= 11 is 6.25. The van der Waals surface area contributed by atoms with E-state index in [1.807, 2.05) is 0 Å². The van der Waals surface area contributed by atoms with Crippen molar-refractivity contribution in [3.05, 3.63) is 52.8 Å². The van der Waals surface area contributed by atoms with Crippen LogP contribution in [0.1, 0.15) is 5.69 Å². The number of hydrogen-bond acceptors (Lipinski definition) is 5. The van der Waals surface area contributed by atoms with Crippen LogP contribution in [0.4, 0.5) is 8.78 Å². The average molecular weight is 407 g/mol. The number of rotatable bonds is 5. The van der Waals surface area contributed by atoms with Crippen molar-refractivity contribution < 1.29 is 23.0 Å². The van der Waals surface area contributed by atoms with E-state index in [0.717, 1.165) is 12.1 Å². The van der Waals surface area contributed by atoms with Gasteiger partial charge in [0, 0.05) is 29.3 Å². The van der Waals surface area contributed by atoms with Crippen LogP contribution in [0.15, 0.2) is 30.3 Å². The quantitative estimate of drug-likeness (QED) is 0.591. The number of halogens is 3. The molecule has 0 atom stereocenters. The van der Waals surface area contributed by atoms with Gasteiger partial charge in [-0.25, -0.2) is 8.78 Å². The summed E-state index contributed by atoms with van der Waals surface area (Å²) in [4.78, 5) is 0. The zero-order chi connectivity index (χ0) is 20.4. The Morgan fingerprint density at radius 2 is 1.21 bits per heavy atom. The highest BCUT2D eigenvalue weighted by molar-refractivity contribution is 6.32. The Labute approximate surface area is 165 Å². The predicted octanol–water partition coefficient (Wildman–Crippen LogP) is 5.08. The highest BCUT2D eigenvalue weighted by atomic mass is 35.5. The standard InChI is InChI=1S/C20H17ClF2N2O3/c1-10-17(11-5-12(26-2)7-13(6-11)27-3)19(20(21)25-24-10)18-15(22)8-14(28-4)9-16(18)23/h5-9H,1-4H3.